The minimum Gasteiger partial charge on any atom is -0.345 e. The molecule has 1 fully saturated rings. The fourth-order valence-corrected chi connectivity index (χ4v) is 3.40. The molecule has 28 heavy (non-hydrogen) atoms. The molecule has 2 amide bonds. The van der Waals surface area contributed by atoms with E-state index >= 15 is 0 Å². The summed E-state index contributed by atoms with van der Waals surface area (Å²) in [7, 11) is 3.35. The molecule has 0 spiro atoms. The van der Waals surface area contributed by atoms with Crippen molar-refractivity contribution >= 4 is 17.6 Å². The Bertz CT molecular complexity index is 839. The van der Waals surface area contributed by atoms with Gasteiger partial charge in [0.2, 0.25) is 5.91 Å². The Morgan fingerprint density at radius 2 is 1.96 bits per heavy atom. The maximum Gasteiger partial charge on any atom is 0.253 e. The summed E-state index contributed by atoms with van der Waals surface area (Å²) in [6.45, 7) is 1.40. The van der Waals surface area contributed by atoms with Crippen LogP contribution in [-0.2, 0) is 11.3 Å². The zero-order valence-electron chi connectivity index (χ0n) is 16.2. The van der Waals surface area contributed by atoms with Crippen LogP contribution in [0.15, 0.2) is 42.6 Å². The number of pyridine rings is 1. The summed E-state index contributed by atoms with van der Waals surface area (Å²) >= 11 is 0. The Balaban J connectivity index is 1.70. The van der Waals surface area contributed by atoms with Crippen molar-refractivity contribution < 1.29 is 14.0 Å². The van der Waals surface area contributed by atoms with E-state index in [2.05, 4.69) is 15.2 Å². The van der Waals surface area contributed by atoms with Crippen molar-refractivity contribution in [2.24, 2.45) is 0 Å². The van der Waals surface area contributed by atoms with Gasteiger partial charge in [-0.25, -0.2) is 9.37 Å². The van der Waals surface area contributed by atoms with Crippen LogP contribution in [0, 0.1) is 5.82 Å². The molecule has 1 N–H and O–H groups in total. The number of nitrogens with zero attached hydrogens (tertiary/aromatic N) is 3. The molecular weight excluding hydrogens is 359 g/mol. The van der Waals surface area contributed by atoms with Crippen LogP contribution in [0.1, 0.15) is 35.2 Å². The van der Waals surface area contributed by atoms with E-state index < -0.39 is 0 Å². The lowest BCUT2D eigenvalue weighted by atomic mass is 10.0. The maximum atomic E-state index is 13.1. The normalized spacial score (nSPS) is 17.2. The summed E-state index contributed by atoms with van der Waals surface area (Å²) < 4.78 is 13.1. The third-order valence-corrected chi connectivity index (χ3v) is 4.88. The van der Waals surface area contributed by atoms with E-state index in [-0.39, 0.29) is 23.7 Å². The van der Waals surface area contributed by atoms with E-state index in [0.717, 1.165) is 31.4 Å². The van der Waals surface area contributed by atoms with Gasteiger partial charge in [-0.15, -0.1) is 0 Å². The van der Waals surface area contributed by atoms with E-state index in [1.165, 1.54) is 23.2 Å². The van der Waals surface area contributed by atoms with Crippen LogP contribution in [0.3, 0.4) is 0 Å². The maximum absolute atomic E-state index is 13.1. The molecule has 148 valence electrons. The average Bonchev–Trinajstić information content (AvgIpc) is 2.69. The standard InChI is InChI=1S/C21H25FN4O2/c1-25(2)21(28)16-10-11-23-19(13-16)24-20(27)18-5-3-4-12-26(18)14-15-6-8-17(22)9-7-15/h6-11,13,18H,3-5,12,14H2,1-2H3,(H,23,24,27). The lowest BCUT2D eigenvalue weighted by Gasteiger charge is -2.34. The van der Waals surface area contributed by atoms with Crippen molar-refractivity contribution in [1.82, 2.24) is 14.8 Å². The van der Waals surface area contributed by atoms with Crippen molar-refractivity contribution in [3.05, 3.63) is 59.5 Å². The number of aromatic nitrogens is 1. The van der Waals surface area contributed by atoms with E-state index in [4.69, 9.17) is 0 Å². The molecule has 1 aromatic carbocycles. The molecule has 1 aliphatic rings. The molecule has 6 nitrogen and oxygen atoms in total. The van der Waals surface area contributed by atoms with Gasteiger partial charge in [0.1, 0.15) is 11.6 Å². The number of carbonyl (C=O) groups is 2. The Kier molecular flexibility index (Phi) is 6.36. The topological polar surface area (TPSA) is 65.5 Å². The van der Waals surface area contributed by atoms with Crippen molar-refractivity contribution in [1.29, 1.82) is 0 Å². The van der Waals surface area contributed by atoms with Crippen LogP contribution in [0.25, 0.3) is 0 Å². The second-order valence-electron chi connectivity index (χ2n) is 7.23. The highest BCUT2D eigenvalue weighted by atomic mass is 19.1. The monoisotopic (exact) mass is 384 g/mol. The molecule has 0 radical (unpaired) electrons. The number of rotatable bonds is 5. The summed E-state index contributed by atoms with van der Waals surface area (Å²) in [4.78, 5) is 32.8. The Morgan fingerprint density at radius 3 is 2.68 bits per heavy atom. The minimum absolute atomic E-state index is 0.135. The number of carbonyl (C=O) groups excluding carboxylic acids is 2. The lowest BCUT2D eigenvalue weighted by Crippen LogP contribution is -2.46. The second kappa shape index (κ2) is 8.93. The number of halogens is 1. The van der Waals surface area contributed by atoms with Crippen molar-refractivity contribution in [2.75, 3.05) is 26.0 Å². The fraction of sp³-hybridized carbons (Fsp3) is 0.381. The van der Waals surface area contributed by atoms with Crippen molar-refractivity contribution in [3.63, 3.8) is 0 Å². The third-order valence-electron chi connectivity index (χ3n) is 4.88. The van der Waals surface area contributed by atoms with Gasteiger partial charge in [0, 0.05) is 32.4 Å². The molecule has 1 unspecified atom stereocenters. The summed E-state index contributed by atoms with van der Waals surface area (Å²) in [5.74, 6) is -0.183. The first-order chi connectivity index (χ1) is 13.4. The molecule has 0 saturated carbocycles. The minimum atomic E-state index is -0.284. The molecular formula is C21H25FN4O2. The van der Waals surface area contributed by atoms with Gasteiger partial charge in [-0.2, -0.15) is 0 Å². The number of hydrogen-bond acceptors (Lipinski definition) is 4. The second-order valence-corrected chi connectivity index (χ2v) is 7.23. The Hall–Kier alpha value is -2.80. The van der Waals surface area contributed by atoms with E-state index in [9.17, 15) is 14.0 Å². The number of piperidine rings is 1. The molecule has 2 heterocycles. The first-order valence-electron chi connectivity index (χ1n) is 9.41. The Morgan fingerprint density at radius 1 is 1.21 bits per heavy atom. The quantitative estimate of drug-likeness (QED) is 0.861. The van der Waals surface area contributed by atoms with E-state index in [1.54, 1.807) is 38.4 Å². The molecule has 0 bridgehead atoms. The number of hydrogen-bond donors (Lipinski definition) is 1. The number of anilines is 1. The lowest BCUT2D eigenvalue weighted by molar-refractivity contribution is -0.122. The van der Waals surface area contributed by atoms with Gasteiger partial charge in [-0.3, -0.25) is 14.5 Å². The molecule has 0 aliphatic carbocycles. The molecule has 3 rings (SSSR count). The summed E-state index contributed by atoms with van der Waals surface area (Å²) in [5, 5.41) is 2.85. The third kappa shape index (κ3) is 4.92. The van der Waals surface area contributed by atoms with Crippen LogP contribution in [0.2, 0.25) is 0 Å². The van der Waals surface area contributed by atoms with Crippen LogP contribution < -0.4 is 5.32 Å². The number of likely N-dealkylation sites (tertiary alicyclic amines) is 1. The van der Waals surface area contributed by atoms with Crippen LogP contribution in [0.4, 0.5) is 10.2 Å². The van der Waals surface area contributed by atoms with Crippen LogP contribution in [-0.4, -0.2) is 53.3 Å². The van der Waals surface area contributed by atoms with Gasteiger partial charge in [0.05, 0.1) is 6.04 Å². The van der Waals surface area contributed by atoms with Crippen molar-refractivity contribution in [2.45, 2.75) is 31.8 Å². The fourth-order valence-electron chi connectivity index (χ4n) is 3.40. The van der Waals surface area contributed by atoms with Crippen LogP contribution >= 0.6 is 0 Å². The van der Waals surface area contributed by atoms with Gasteiger partial charge in [-0.1, -0.05) is 18.6 Å². The molecule has 1 aromatic heterocycles. The molecule has 2 aromatic rings. The van der Waals surface area contributed by atoms with Gasteiger partial charge in [0.25, 0.3) is 5.91 Å². The summed E-state index contributed by atoms with van der Waals surface area (Å²) in [6, 6.07) is 9.30. The number of amides is 2. The zero-order chi connectivity index (χ0) is 20.1. The smallest absolute Gasteiger partial charge is 0.253 e. The number of benzene rings is 1. The molecule has 7 heteroatoms. The molecule has 1 saturated heterocycles. The molecule has 1 atom stereocenters. The van der Waals surface area contributed by atoms with E-state index in [1.807, 2.05) is 0 Å². The van der Waals surface area contributed by atoms with Crippen LogP contribution in [0.5, 0.6) is 0 Å². The van der Waals surface area contributed by atoms with Gasteiger partial charge in [-0.05, 0) is 49.2 Å². The average molecular weight is 384 g/mol. The number of nitrogens with one attached hydrogen (secondary N) is 1. The molecule has 1 aliphatic heterocycles. The Labute approximate surface area is 164 Å². The van der Waals surface area contributed by atoms with Gasteiger partial charge < -0.3 is 10.2 Å². The highest BCUT2D eigenvalue weighted by molar-refractivity contribution is 5.97. The summed E-state index contributed by atoms with van der Waals surface area (Å²) in [6.07, 6.45) is 4.27. The predicted octanol–water partition coefficient (Wildman–Crippen LogP) is 2.92. The first kappa shape index (κ1) is 19.9. The highest BCUT2D eigenvalue weighted by Gasteiger charge is 2.29. The predicted molar refractivity (Wildman–Crippen MR) is 105 cm³/mol. The SMILES string of the molecule is CN(C)C(=O)c1ccnc(NC(=O)C2CCCCN2Cc2ccc(F)cc2)c1. The zero-order valence-corrected chi connectivity index (χ0v) is 16.2. The highest BCUT2D eigenvalue weighted by Crippen LogP contribution is 2.21. The van der Waals surface area contributed by atoms with E-state index in [0.29, 0.717) is 17.9 Å². The van der Waals surface area contributed by atoms with Gasteiger partial charge in [0.15, 0.2) is 0 Å². The van der Waals surface area contributed by atoms with Gasteiger partial charge >= 0.3 is 0 Å². The first-order valence-corrected chi connectivity index (χ1v) is 9.41. The van der Waals surface area contributed by atoms with Crippen molar-refractivity contribution in [3.8, 4) is 0 Å². The largest absolute Gasteiger partial charge is 0.345 e. The summed E-state index contributed by atoms with van der Waals surface area (Å²) in [5.41, 5.74) is 1.44.